The molecule has 3 rings (SSSR count). The number of carbonyl (C=O) groups is 1. The third-order valence-corrected chi connectivity index (χ3v) is 5.42. The minimum Gasteiger partial charge on any atom is -0.355 e. The summed E-state index contributed by atoms with van der Waals surface area (Å²) in [5.41, 5.74) is 0.682. The van der Waals surface area contributed by atoms with Crippen LogP contribution in [0.2, 0.25) is 0 Å². The molecule has 1 aliphatic carbocycles. The van der Waals surface area contributed by atoms with E-state index >= 15 is 0 Å². The smallest absolute Gasteiger partial charge is 0.196 e. The van der Waals surface area contributed by atoms with E-state index in [0.29, 0.717) is 11.7 Å². The highest BCUT2D eigenvalue weighted by Crippen LogP contribution is 2.32. The normalized spacial score (nSPS) is 23.1. The third kappa shape index (κ3) is 2.24. The summed E-state index contributed by atoms with van der Waals surface area (Å²) in [5.74, 6) is 1.72. The molecular weight excluding hydrogens is 270 g/mol. The number of anilines is 1. The Morgan fingerprint density at radius 1 is 1.45 bits per heavy atom. The Labute approximate surface area is 123 Å². The summed E-state index contributed by atoms with van der Waals surface area (Å²) in [6.45, 7) is 2.28. The van der Waals surface area contributed by atoms with Crippen LogP contribution >= 0.6 is 11.3 Å². The van der Waals surface area contributed by atoms with Crippen LogP contribution in [0.1, 0.15) is 49.5 Å². The maximum atomic E-state index is 11.4. The molecule has 1 fully saturated rings. The molecule has 2 aromatic rings. The van der Waals surface area contributed by atoms with E-state index in [9.17, 15) is 4.79 Å². The monoisotopic (exact) mass is 291 g/mol. The molecule has 0 atom stereocenters. The Balaban J connectivity index is 1.83. The number of fused-ring (bicyclic) bond motifs is 1. The number of aromatic nitrogens is 2. The molecule has 0 aliphatic heterocycles. The first-order chi connectivity index (χ1) is 9.74. The summed E-state index contributed by atoms with van der Waals surface area (Å²) in [6, 6.07) is 0.515. The molecule has 0 saturated heterocycles. The van der Waals surface area contributed by atoms with Gasteiger partial charge in [0.1, 0.15) is 5.69 Å². The molecule has 1 aliphatic rings. The highest BCUT2D eigenvalue weighted by atomic mass is 32.1. The van der Waals surface area contributed by atoms with Gasteiger partial charge in [0.15, 0.2) is 17.1 Å². The zero-order chi connectivity index (χ0) is 14.1. The van der Waals surface area contributed by atoms with Gasteiger partial charge in [0.25, 0.3) is 0 Å². The number of aldehydes is 1. The van der Waals surface area contributed by atoms with Crippen molar-refractivity contribution in [2.24, 2.45) is 5.92 Å². The highest BCUT2D eigenvalue weighted by molar-refractivity contribution is 7.15. The average molecular weight is 291 g/mol. The van der Waals surface area contributed by atoms with Gasteiger partial charge in [-0.25, -0.2) is 4.98 Å². The molecule has 4 nitrogen and oxygen atoms in total. The van der Waals surface area contributed by atoms with Crippen molar-refractivity contribution in [1.29, 1.82) is 0 Å². The number of imidazole rings is 1. The second kappa shape index (κ2) is 5.56. The molecule has 0 bridgehead atoms. The lowest BCUT2D eigenvalue weighted by Crippen LogP contribution is -2.35. The van der Waals surface area contributed by atoms with Crippen LogP contribution in [0.5, 0.6) is 0 Å². The molecule has 1 saturated carbocycles. The van der Waals surface area contributed by atoms with Gasteiger partial charge in [0.05, 0.1) is 0 Å². The van der Waals surface area contributed by atoms with Gasteiger partial charge in [-0.15, -0.1) is 11.3 Å². The lowest BCUT2D eigenvalue weighted by Gasteiger charge is -2.34. The van der Waals surface area contributed by atoms with Crippen LogP contribution in [-0.4, -0.2) is 28.8 Å². The lowest BCUT2D eigenvalue weighted by atomic mass is 9.84. The second-order valence-electron chi connectivity index (χ2n) is 5.69. The predicted molar refractivity (Wildman–Crippen MR) is 82.9 cm³/mol. The van der Waals surface area contributed by atoms with Crippen LogP contribution in [0, 0.1) is 5.92 Å². The molecule has 108 valence electrons. The molecular formula is C15H21N3OS. The van der Waals surface area contributed by atoms with Crippen molar-refractivity contribution in [3.05, 3.63) is 17.3 Å². The maximum absolute atomic E-state index is 11.4. The van der Waals surface area contributed by atoms with Crippen LogP contribution in [0.3, 0.4) is 0 Å². The first kappa shape index (κ1) is 13.6. The minimum absolute atomic E-state index is 0.515. The molecule has 0 amide bonds. The molecule has 2 aromatic heterocycles. The van der Waals surface area contributed by atoms with Gasteiger partial charge in [-0.3, -0.25) is 9.20 Å². The van der Waals surface area contributed by atoms with E-state index in [4.69, 9.17) is 0 Å². The van der Waals surface area contributed by atoms with E-state index in [1.807, 2.05) is 16.0 Å². The Bertz CT molecular complexity index is 595. The molecule has 0 spiro atoms. The molecule has 2 heterocycles. The summed E-state index contributed by atoms with van der Waals surface area (Å²) in [4.78, 5) is 19.2. The summed E-state index contributed by atoms with van der Waals surface area (Å²) in [5, 5.41) is 1.96. The number of nitrogens with zero attached hydrogens (tertiary/aromatic N) is 3. The van der Waals surface area contributed by atoms with Crippen LogP contribution in [-0.2, 0) is 0 Å². The van der Waals surface area contributed by atoms with Crippen LogP contribution in [0.4, 0.5) is 5.82 Å². The van der Waals surface area contributed by atoms with Crippen LogP contribution in [0.15, 0.2) is 11.6 Å². The molecule has 0 radical (unpaired) electrons. The molecule has 20 heavy (non-hydrogen) atoms. The van der Waals surface area contributed by atoms with Gasteiger partial charge >= 0.3 is 0 Å². The van der Waals surface area contributed by atoms with Crippen molar-refractivity contribution < 1.29 is 4.79 Å². The maximum Gasteiger partial charge on any atom is 0.196 e. The SMILES string of the molecule is CCC1CCC(N(C)c2nc3sccn3c2C=O)CC1. The average Bonchev–Trinajstić information content (AvgIpc) is 3.06. The fourth-order valence-corrected chi connectivity index (χ4v) is 3.99. The summed E-state index contributed by atoms with van der Waals surface area (Å²) in [6.07, 6.45) is 9.14. The first-order valence-electron chi connectivity index (χ1n) is 7.38. The Kier molecular flexibility index (Phi) is 3.78. The van der Waals surface area contributed by atoms with Crippen molar-refractivity contribution in [3.8, 4) is 0 Å². The Hall–Kier alpha value is -1.36. The van der Waals surface area contributed by atoms with Gasteiger partial charge in [0, 0.05) is 24.7 Å². The topological polar surface area (TPSA) is 37.6 Å². The van der Waals surface area contributed by atoms with Gasteiger partial charge in [0.2, 0.25) is 0 Å². The van der Waals surface area contributed by atoms with Crippen molar-refractivity contribution in [1.82, 2.24) is 9.38 Å². The quantitative estimate of drug-likeness (QED) is 0.808. The Morgan fingerprint density at radius 2 is 2.20 bits per heavy atom. The zero-order valence-corrected chi connectivity index (χ0v) is 12.9. The summed E-state index contributed by atoms with van der Waals surface area (Å²) >= 11 is 1.57. The number of thiazole rings is 1. The molecule has 0 N–H and O–H groups in total. The largest absolute Gasteiger partial charge is 0.355 e. The first-order valence-corrected chi connectivity index (χ1v) is 8.26. The highest BCUT2D eigenvalue weighted by Gasteiger charge is 2.26. The van der Waals surface area contributed by atoms with Crippen molar-refractivity contribution in [2.45, 2.75) is 45.1 Å². The lowest BCUT2D eigenvalue weighted by molar-refractivity contribution is 0.111. The number of hydrogen-bond donors (Lipinski definition) is 0. The number of carbonyl (C=O) groups excluding carboxylic acids is 1. The van der Waals surface area contributed by atoms with E-state index in [1.165, 1.54) is 32.1 Å². The molecule has 0 aromatic carbocycles. The van der Waals surface area contributed by atoms with Crippen molar-refractivity contribution in [2.75, 3.05) is 11.9 Å². The summed E-state index contributed by atoms with van der Waals surface area (Å²) in [7, 11) is 2.08. The van der Waals surface area contributed by atoms with Crippen LogP contribution in [0.25, 0.3) is 4.96 Å². The minimum atomic E-state index is 0.515. The van der Waals surface area contributed by atoms with Crippen LogP contribution < -0.4 is 4.90 Å². The number of hydrogen-bond acceptors (Lipinski definition) is 4. The standard InChI is InChI=1S/C15H21N3OS/c1-3-11-4-6-12(7-5-11)17(2)14-13(10-19)18-8-9-20-15(18)16-14/h8-12H,3-7H2,1-2H3. The van der Waals surface area contributed by atoms with E-state index in [1.54, 1.807) is 11.3 Å². The predicted octanol–water partition coefficient (Wildman–Crippen LogP) is 3.61. The Morgan fingerprint density at radius 3 is 2.85 bits per heavy atom. The number of rotatable bonds is 4. The van der Waals surface area contributed by atoms with Crippen molar-refractivity contribution >= 4 is 28.4 Å². The molecule has 5 heteroatoms. The van der Waals surface area contributed by atoms with Crippen molar-refractivity contribution in [3.63, 3.8) is 0 Å². The zero-order valence-electron chi connectivity index (χ0n) is 12.1. The molecule has 0 unspecified atom stereocenters. The van der Waals surface area contributed by atoms with E-state index < -0.39 is 0 Å². The van der Waals surface area contributed by atoms with E-state index in [0.717, 1.165) is 23.0 Å². The van der Waals surface area contributed by atoms with Gasteiger partial charge in [-0.05, 0) is 31.6 Å². The fourth-order valence-electron chi connectivity index (χ4n) is 3.27. The fraction of sp³-hybridized carbons (Fsp3) is 0.600. The van der Waals surface area contributed by atoms with Gasteiger partial charge < -0.3 is 4.90 Å². The third-order valence-electron chi connectivity index (χ3n) is 4.67. The van der Waals surface area contributed by atoms with Gasteiger partial charge in [-0.2, -0.15) is 0 Å². The van der Waals surface area contributed by atoms with E-state index in [2.05, 4.69) is 23.9 Å². The summed E-state index contributed by atoms with van der Waals surface area (Å²) < 4.78 is 1.89. The van der Waals surface area contributed by atoms with Gasteiger partial charge in [-0.1, -0.05) is 13.3 Å². The second-order valence-corrected chi connectivity index (χ2v) is 6.56. The van der Waals surface area contributed by atoms with E-state index in [-0.39, 0.29) is 0 Å².